The molecule has 5 nitrogen and oxygen atoms in total. The smallest absolute Gasteiger partial charge is 0.481 e. The first kappa shape index (κ1) is 16.5. The minimum Gasteiger partial charge on any atom is -0.481 e. The van der Waals surface area contributed by atoms with Crippen molar-refractivity contribution >= 4 is 7.12 Å². The SMILES string of the molecule is COc1ccc(C2C=C(B3OC(C)(C)C(C)(C)O3)CCO2)cn1. The number of rotatable bonds is 3. The van der Waals surface area contributed by atoms with Crippen LogP contribution in [-0.4, -0.2) is 37.0 Å². The molecule has 124 valence electrons. The number of hydrogen-bond acceptors (Lipinski definition) is 5. The summed E-state index contributed by atoms with van der Waals surface area (Å²) in [6, 6.07) is 3.82. The Bertz CT molecular complexity index is 581. The summed E-state index contributed by atoms with van der Waals surface area (Å²) in [5, 5.41) is 0. The molecule has 1 fully saturated rings. The lowest BCUT2D eigenvalue weighted by Crippen LogP contribution is -2.41. The fourth-order valence-electron chi connectivity index (χ4n) is 2.69. The molecule has 0 N–H and O–H groups in total. The Balaban J connectivity index is 1.79. The second kappa shape index (κ2) is 5.93. The van der Waals surface area contributed by atoms with E-state index in [1.54, 1.807) is 13.3 Å². The molecule has 3 rings (SSSR count). The third kappa shape index (κ3) is 3.16. The van der Waals surface area contributed by atoms with Crippen LogP contribution < -0.4 is 4.74 Å². The highest BCUT2D eigenvalue weighted by molar-refractivity contribution is 6.54. The highest BCUT2D eigenvalue weighted by atomic mass is 16.7. The van der Waals surface area contributed by atoms with Gasteiger partial charge in [0.05, 0.1) is 24.9 Å². The Kier molecular flexibility index (Phi) is 4.25. The second-order valence-corrected chi connectivity index (χ2v) is 7.01. The molecule has 3 heterocycles. The Morgan fingerprint density at radius 3 is 2.43 bits per heavy atom. The van der Waals surface area contributed by atoms with Crippen molar-refractivity contribution < 1.29 is 18.8 Å². The third-order valence-electron chi connectivity index (χ3n) is 4.91. The zero-order valence-electron chi connectivity index (χ0n) is 14.5. The molecule has 2 aliphatic rings. The Morgan fingerprint density at radius 1 is 1.17 bits per heavy atom. The number of aromatic nitrogens is 1. The molecule has 2 aliphatic heterocycles. The van der Waals surface area contributed by atoms with Gasteiger partial charge < -0.3 is 18.8 Å². The van der Waals surface area contributed by atoms with E-state index >= 15 is 0 Å². The number of methoxy groups -OCH3 is 1. The van der Waals surface area contributed by atoms with E-state index in [0.29, 0.717) is 12.5 Å². The molecule has 1 unspecified atom stereocenters. The molecule has 1 atom stereocenters. The zero-order valence-corrected chi connectivity index (χ0v) is 14.5. The summed E-state index contributed by atoms with van der Waals surface area (Å²) in [7, 11) is 1.30. The van der Waals surface area contributed by atoms with Crippen LogP contribution in [0.4, 0.5) is 0 Å². The van der Waals surface area contributed by atoms with Gasteiger partial charge in [0.2, 0.25) is 5.88 Å². The summed E-state index contributed by atoms with van der Waals surface area (Å²) < 4.78 is 23.2. The molecular weight excluding hydrogens is 293 g/mol. The van der Waals surface area contributed by atoms with Crippen LogP contribution in [0.5, 0.6) is 5.88 Å². The molecule has 1 aromatic heterocycles. The van der Waals surface area contributed by atoms with Crippen LogP contribution in [-0.2, 0) is 14.0 Å². The maximum absolute atomic E-state index is 6.14. The first-order valence-corrected chi connectivity index (χ1v) is 8.00. The number of ether oxygens (including phenoxy) is 2. The van der Waals surface area contributed by atoms with Crippen LogP contribution in [0.1, 0.15) is 45.8 Å². The van der Waals surface area contributed by atoms with Crippen molar-refractivity contribution in [1.82, 2.24) is 4.98 Å². The predicted octanol–water partition coefficient (Wildman–Crippen LogP) is 3.11. The highest BCUT2D eigenvalue weighted by Crippen LogP contribution is 2.40. The van der Waals surface area contributed by atoms with Crippen molar-refractivity contribution in [2.75, 3.05) is 13.7 Å². The van der Waals surface area contributed by atoms with E-state index in [1.165, 1.54) is 0 Å². The van der Waals surface area contributed by atoms with Gasteiger partial charge in [-0.25, -0.2) is 4.98 Å². The molecular formula is C17H24BNO4. The molecule has 6 heteroatoms. The molecule has 23 heavy (non-hydrogen) atoms. The summed E-state index contributed by atoms with van der Waals surface area (Å²) in [6.45, 7) is 8.91. The molecule has 0 aliphatic carbocycles. The normalized spacial score (nSPS) is 26.0. The Labute approximate surface area is 138 Å². The molecule has 0 radical (unpaired) electrons. The Morgan fingerprint density at radius 2 is 1.87 bits per heavy atom. The average Bonchev–Trinajstić information content (AvgIpc) is 2.76. The van der Waals surface area contributed by atoms with Gasteiger partial charge in [-0.15, -0.1) is 0 Å². The van der Waals surface area contributed by atoms with Crippen LogP contribution in [0.3, 0.4) is 0 Å². The summed E-state index contributed by atoms with van der Waals surface area (Å²) in [4.78, 5) is 4.25. The summed E-state index contributed by atoms with van der Waals surface area (Å²) in [5.74, 6) is 0.597. The van der Waals surface area contributed by atoms with Gasteiger partial charge in [-0.2, -0.15) is 0 Å². The predicted molar refractivity (Wildman–Crippen MR) is 88.3 cm³/mol. The van der Waals surface area contributed by atoms with Gasteiger partial charge in [-0.1, -0.05) is 6.08 Å². The van der Waals surface area contributed by atoms with Crippen LogP contribution in [0.25, 0.3) is 0 Å². The van der Waals surface area contributed by atoms with Crippen molar-refractivity contribution in [3.8, 4) is 5.88 Å². The van der Waals surface area contributed by atoms with Gasteiger partial charge in [0.1, 0.15) is 6.10 Å². The van der Waals surface area contributed by atoms with Crippen LogP contribution in [0.15, 0.2) is 29.9 Å². The number of nitrogens with zero attached hydrogens (tertiary/aromatic N) is 1. The van der Waals surface area contributed by atoms with Gasteiger partial charge >= 0.3 is 7.12 Å². The molecule has 0 spiro atoms. The molecule has 1 saturated heterocycles. The lowest BCUT2D eigenvalue weighted by atomic mass is 9.74. The molecule has 0 aromatic carbocycles. The van der Waals surface area contributed by atoms with Crippen molar-refractivity contribution in [2.24, 2.45) is 0 Å². The van der Waals surface area contributed by atoms with Gasteiger partial charge in [-0.3, -0.25) is 0 Å². The highest BCUT2D eigenvalue weighted by Gasteiger charge is 2.52. The van der Waals surface area contributed by atoms with Crippen molar-refractivity contribution in [1.29, 1.82) is 0 Å². The topological polar surface area (TPSA) is 49.8 Å². The lowest BCUT2D eigenvalue weighted by Gasteiger charge is -2.32. The van der Waals surface area contributed by atoms with Crippen molar-refractivity contribution in [3.05, 3.63) is 35.4 Å². The molecule has 0 bridgehead atoms. The van der Waals surface area contributed by atoms with E-state index in [1.807, 2.05) is 12.1 Å². The van der Waals surface area contributed by atoms with E-state index in [2.05, 4.69) is 38.8 Å². The van der Waals surface area contributed by atoms with Gasteiger partial charge in [0.25, 0.3) is 0 Å². The minimum atomic E-state index is -0.325. The maximum Gasteiger partial charge on any atom is 0.490 e. The fourth-order valence-corrected chi connectivity index (χ4v) is 2.69. The van der Waals surface area contributed by atoms with E-state index in [0.717, 1.165) is 17.5 Å². The van der Waals surface area contributed by atoms with E-state index < -0.39 is 0 Å². The molecule has 0 amide bonds. The average molecular weight is 317 g/mol. The fraction of sp³-hybridized carbons (Fsp3) is 0.588. The van der Waals surface area contributed by atoms with Crippen molar-refractivity contribution in [3.63, 3.8) is 0 Å². The van der Waals surface area contributed by atoms with E-state index in [9.17, 15) is 0 Å². The quantitative estimate of drug-likeness (QED) is 0.802. The zero-order chi connectivity index (χ0) is 16.7. The molecule has 1 aromatic rings. The van der Waals surface area contributed by atoms with Gasteiger partial charge in [-0.05, 0) is 45.7 Å². The van der Waals surface area contributed by atoms with Crippen LogP contribution in [0, 0.1) is 0 Å². The first-order valence-electron chi connectivity index (χ1n) is 8.00. The second-order valence-electron chi connectivity index (χ2n) is 7.01. The van der Waals surface area contributed by atoms with E-state index in [-0.39, 0.29) is 24.4 Å². The first-order chi connectivity index (χ1) is 10.8. The lowest BCUT2D eigenvalue weighted by molar-refractivity contribution is 0.00578. The summed E-state index contributed by atoms with van der Waals surface area (Å²) >= 11 is 0. The minimum absolute atomic E-state index is 0.129. The monoisotopic (exact) mass is 317 g/mol. The standard InChI is InChI=1S/C17H24BNO4/c1-16(2)17(3,4)23-18(22-16)13-8-9-21-14(10-13)12-6-7-15(20-5)19-11-12/h6-7,10-11,14H,8-9H2,1-5H3. The largest absolute Gasteiger partial charge is 0.490 e. The molecule has 0 saturated carbocycles. The third-order valence-corrected chi connectivity index (χ3v) is 4.91. The summed E-state index contributed by atoms with van der Waals surface area (Å²) in [6.07, 6.45) is 4.57. The van der Waals surface area contributed by atoms with Crippen LogP contribution >= 0.6 is 0 Å². The van der Waals surface area contributed by atoms with Crippen molar-refractivity contribution in [2.45, 2.75) is 51.4 Å². The number of hydrogen-bond donors (Lipinski definition) is 0. The number of pyridine rings is 1. The van der Waals surface area contributed by atoms with Gasteiger partial charge in [0, 0.05) is 17.8 Å². The van der Waals surface area contributed by atoms with Crippen LogP contribution in [0.2, 0.25) is 0 Å². The summed E-state index contributed by atoms with van der Waals surface area (Å²) in [5.41, 5.74) is 1.48. The Hall–Kier alpha value is -1.37. The maximum atomic E-state index is 6.14. The van der Waals surface area contributed by atoms with Gasteiger partial charge in [0.15, 0.2) is 0 Å². The van der Waals surface area contributed by atoms with E-state index in [4.69, 9.17) is 18.8 Å².